The maximum absolute atomic E-state index is 12.9. The molecule has 35 heavy (non-hydrogen) atoms. The number of amides is 1. The van der Waals surface area contributed by atoms with Crippen LogP contribution in [-0.2, 0) is 19.6 Å². The Morgan fingerprint density at radius 2 is 1.94 bits per heavy atom. The number of hydrogen-bond donors (Lipinski definition) is 2. The number of carbonyl (C=O) groups excluding carboxylic acids is 1. The zero-order valence-corrected chi connectivity index (χ0v) is 21.8. The van der Waals surface area contributed by atoms with Gasteiger partial charge in [-0.15, -0.1) is 0 Å². The van der Waals surface area contributed by atoms with Gasteiger partial charge in [-0.25, -0.2) is 22.7 Å². The molecule has 2 fully saturated rings. The maximum Gasteiger partial charge on any atom is 0.229 e. The average Bonchev–Trinajstić information content (AvgIpc) is 2.85. The molecule has 2 N–H and O–H groups in total. The molecule has 0 aromatic carbocycles. The lowest BCUT2D eigenvalue weighted by Gasteiger charge is -2.30. The molecule has 0 spiro atoms. The van der Waals surface area contributed by atoms with E-state index in [0.29, 0.717) is 58.2 Å². The van der Waals surface area contributed by atoms with Crippen LogP contribution in [0.1, 0.15) is 25.7 Å². The Bertz CT molecular complexity index is 1170. The molecule has 2 saturated heterocycles. The number of nitrogens with zero attached hydrogens (tertiary/aromatic N) is 3. The summed E-state index contributed by atoms with van der Waals surface area (Å²) < 4.78 is 30.5. The SMILES string of the molecule is CS(=O)(=O)N1CCCC(C(=O)Nc2cc(-c3nc(NCC4CCOCC4)ccc3Cl)c(Cl)cn2)C1. The Morgan fingerprint density at radius 1 is 1.17 bits per heavy atom. The first-order valence-corrected chi connectivity index (χ1v) is 14.2. The molecule has 1 amide bonds. The second-order valence-corrected chi connectivity index (χ2v) is 11.8. The summed E-state index contributed by atoms with van der Waals surface area (Å²) in [4.78, 5) is 21.7. The van der Waals surface area contributed by atoms with Crippen LogP contribution in [0.25, 0.3) is 11.3 Å². The maximum atomic E-state index is 12.9. The minimum Gasteiger partial charge on any atom is -0.381 e. The van der Waals surface area contributed by atoms with Gasteiger partial charge in [-0.05, 0) is 49.8 Å². The quantitative estimate of drug-likeness (QED) is 0.546. The van der Waals surface area contributed by atoms with Crippen molar-refractivity contribution in [3.63, 3.8) is 0 Å². The Balaban J connectivity index is 1.48. The van der Waals surface area contributed by atoms with Gasteiger partial charge in [0.15, 0.2) is 0 Å². The van der Waals surface area contributed by atoms with Crippen LogP contribution in [0.3, 0.4) is 0 Å². The molecule has 12 heteroatoms. The molecule has 2 aromatic heterocycles. The van der Waals surface area contributed by atoms with Gasteiger partial charge in [0.1, 0.15) is 11.6 Å². The minimum absolute atomic E-state index is 0.152. The molecule has 0 radical (unpaired) electrons. The summed E-state index contributed by atoms with van der Waals surface area (Å²) >= 11 is 12.9. The smallest absolute Gasteiger partial charge is 0.229 e. The van der Waals surface area contributed by atoms with Gasteiger partial charge >= 0.3 is 0 Å². The summed E-state index contributed by atoms with van der Waals surface area (Å²) in [6.45, 7) is 2.92. The summed E-state index contributed by atoms with van der Waals surface area (Å²) in [6.07, 6.45) is 5.84. The molecule has 0 saturated carbocycles. The van der Waals surface area contributed by atoms with E-state index < -0.39 is 15.9 Å². The van der Waals surface area contributed by atoms with Gasteiger partial charge in [0.05, 0.1) is 27.9 Å². The number of halogens is 2. The van der Waals surface area contributed by atoms with Gasteiger partial charge in [-0.3, -0.25) is 4.79 Å². The van der Waals surface area contributed by atoms with Gasteiger partial charge in [-0.2, -0.15) is 0 Å². The van der Waals surface area contributed by atoms with E-state index >= 15 is 0 Å². The molecule has 1 unspecified atom stereocenters. The molecule has 4 rings (SSSR count). The Labute approximate surface area is 215 Å². The van der Waals surface area contributed by atoms with Crippen LogP contribution in [0.15, 0.2) is 24.4 Å². The lowest BCUT2D eigenvalue weighted by atomic mass is 9.99. The third kappa shape index (κ3) is 6.83. The highest BCUT2D eigenvalue weighted by Crippen LogP contribution is 2.34. The monoisotopic (exact) mass is 541 g/mol. The number of sulfonamides is 1. The zero-order chi connectivity index (χ0) is 25.0. The van der Waals surface area contributed by atoms with Crippen molar-refractivity contribution in [1.29, 1.82) is 0 Å². The molecular formula is C23H29Cl2N5O4S. The van der Waals surface area contributed by atoms with E-state index in [0.717, 1.165) is 38.9 Å². The Morgan fingerprint density at radius 3 is 2.69 bits per heavy atom. The second kappa shape index (κ2) is 11.4. The first-order valence-electron chi connectivity index (χ1n) is 11.6. The van der Waals surface area contributed by atoms with Crippen molar-refractivity contribution in [2.24, 2.45) is 11.8 Å². The van der Waals surface area contributed by atoms with Crippen LogP contribution in [0.4, 0.5) is 11.6 Å². The molecule has 2 aliphatic heterocycles. The van der Waals surface area contributed by atoms with Crippen LogP contribution < -0.4 is 10.6 Å². The molecule has 2 aromatic rings. The number of carbonyl (C=O) groups is 1. The highest BCUT2D eigenvalue weighted by atomic mass is 35.5. The van der Waals surface area contributed by atoms with Gasteiger partial charge < -0.3 is 15.4 Å². The van der Waals surface area contributed by atoms with Gasteiger partial charge in [0.2, 0.25) is 15.9 Å². The molecule has 9 nitrogen and oxygen atoms in total. The van der Waals surface area contributed by atoms with E-state index in [-0.39, 0.29) is 12.5 Å². The van der Waals surface area contributed by atoms with Crippen molar-refractivity contribution in [3.8, 4) is 11.3 Å². The van der Waals surface area contributed by atoms with Crippen LogP contribution in [0.2, 0.25) is 10.0 Å². The predicted molar refractivity (Wildman–Crippen MR) is 137 cm³/mol. The number of pyridine rings is 2. The molecule has 4 heterocycles. The first-order chi connectivity index (χ1) is 16.7. The van der Waals surface area contributed by atoms with Crippen molar-refractivity contribution >= 4 is 50.8 Å². The number of hydrogen-bond acceptors (Lipinski definition) is 7. The summed E-state index contributed by atoms with van der Waals surface area (Å²) in [7, 11) is -3.35. The number of piperidine rings is 1. The second-order valence-electron chi connectivity index (χ2n) is 8.96. The summed E-state index contributed by atoms with van der Waals surface area (Å²) in [5, 5.41) is 6.93. The largest absolute Gasteiger partial charge is 0.381 e. The van der Waals surface area contributed by atoms with Gasteiger partial charge in [0, 0.05) is 44.6 Å². The van der Waals surface area contributed by atoms with E-state index in [2.05, 4.69) is 20.6 Å². The third-order valence-electron chi connectivity index (χ3n) is 6.34. The number of ether oxygens (including phenoxy) is 1. The normalized spacial score (nSPS) is 19.9. The van der Waals surface area contributed by atoms with Crippen molar-refractivity contribution < 1.29 is 17.9 Å². The van der Waals surface area contributed by atoms with E-state index in [9.17, 15) is 13.2 Å². The zero-order valence-electron chi connectivity index (χ0n) is 19.5. The Kier molecular flexibility index (Phi) is 8.49. The van der Waals surface area contributed by atoms with E-state index in [1.54, 1.807) is 12.1 Å². The number of aromatic nitrogens is 2. The lowest BCUT2D eigenvalue weighted by Crippen LogP contribution is -2.43. The standard InChI is InChI=1S/C23H29Cl2N5O4S/c1-35(32,33)30-8-2-3-16(14-30)23(31)29-21-11-17(19(25)13-27-21)22-18(24)4-5-20(28-22)26-12-15-6-9-34-10-7-15/h4-5,11,13,15-16H,2-3,6-10,12,14H2,1H3,(H,26,28)(H,27,29,31). The van der Waals surface area contributed by atoms with E-state index in [1.807, 2.05) is 6.07 Å². The highest BCUT2D eigenvalue weighted by Gasteiger charge is 2.30. The van der Waals surface area contributed by atoms with E-state index in [4.69, 9.17) is 27.9 Å². The number of rotatable bonds is 7. The topological polar surface area (TPSA) is 114 Å². The molecule has 0 bridgehead atoms. The molecule has 2 aliphatic rings. The average molecular weight is 542 g/mol. The van der Waals surface area contributed by atoms with Crippen molar-refractivity contribution in [3.05, 3.63) is 34.4 Å². The molecular weight excluding hydrogens is 513 g/mol. The Hall–Kier alpha value is -1.98. The summed E-state index contributed by atoms with van der Waals surface area (Å²) in [6, 6.07) is 5.21. The van der Waals surface area contributed by atoms with Crippen LogP contribution in [0.5, 0.6) is 0 Å². The van der Waals surface area contributed by atoms with Gasteiger partial charge in [0.25, 0.3) is 0 Å². The van der Waals surface area contributed by atoms with E-state index in [1.165, 1.54) is 10.5 Å². The highest BCUT2D eigenvalue weighted by molar-refractivity contribution is 7.88. The van der Waals surface area contributed by atoms with Crippen molar-refractivity contribution in [2.45, 2.75) is 25.7 Å². The number of anilines is 2. The summed E-state index contributed by atoms with van der Waals surface area (Å²) in [5.74, 6) is 0.750. The molecule has 0 aliphatic carbocycles. The fourth-order valence-corrected chi connectivity index (χ4v) is 5.61. The van der Waals surface area contributed by atoms with Crippen LogP contribution in [0, 0.1) is 11.8 Å². The predicted octanol–water partition coefficient (Wildman–Crippen LogP) is 3.90. The first kappa shape index (κ1) is 26.1. The van der Waals surface area contributed by atoms with Crippen LogP contribution in [-0.4, -0.2) is 67.7 Å². The van der Waals surface area contributed by atoms with Gasteiger partial charge in [-0.1, -0.05) is 23.2 Å². The third-order valence-corrected chi connectivity index (χ3v) is 8.22. The lowest BCUT2D eigenvalue weighted by molar-refractivity contribution is -0.120. The minimum atomic E-state index is -3.35. The van der Waals surface area contributed by atoms with Crippen molar-refractivity contribution in [1.82, 2.24) is 14.3 Å². The number of nitrogens with one attached hydrogen (secondary N) is 2. The van der Waals surface area contributed by atoms with Crippen molar-refractivity contribution in [2.75, 3.05) is 49.7 Å². The summed E-state index contributed by atoms with van der Waals surface area (Å²) in [5.41, 5.74) is 1.02. The van der Waals surface area contributed by atoms with Crippen LogP contribution >= 0.6 is 23.2 Å². The fraction of sp³-hybridized carbons (Fsp3) is 0.522. The molecule has 190 valence electrons. The fourth-order valence-electron chi connectivity index (χ4n) is 4.30. The molecule has 1 atom stereocenters.